The van der Waals surface area contributed by atoms with Crippen molar-refractivity contribution in [3.8, 4) is 0 Å². The van der Waals surface area contributed by atoms with E-state index in [-0.39, 0.29) is 26.2 Å². The van der Waals surface area contributed by atoms with Crippen LogP contribution in [-0.2, 0) is 45.4 Å². The van der Waals surface area contributed by atoms with Crippen LogP contribution in [0.15, 0.2) is 0 Å². The minimum Gasteiger partial charge on any atom is -0.547 e. The minimum absolute atomic E-state index is 0. The van der Waals surface area contributed by atoms with Crippen LogP contribution >= 0.6 is 0 Å². The summed E-state index contributed by atoms with van der Waals surface area (Å²) in [5.41, 5.74) is -5.78. The van der Waals surface area contributed by atoms with Crippen LogP contribution in [-0.4, -0.2) is 66.7 Å². The number of aliphatic carboxylic acids is 4. The molecule has 4 aliphatic carbocycles. The van der Waals surface area contributed by atoms with Crippen molar-refractivity contribution in [2.45, 2.75) is 73.8 Å². The molecule has 0 aromatic carbocycles. The fourth-order valence-corrected chi connectivity index (χ4v) is 1.29. The number of hydrogen-bond acceptors (Lipinski definition) is 12. The largest absolute Gasteiger partial charge is 4.00 e. The monoisotopic (exact) mass is 494 g/mol. The normalized spacial score (nSPS) is 23.3. The maximum atomic E-state index is 9.72. The van der Waals surface area contributed by atoms with Gasteiger partial charge >= 0.3 is 26.2 Å². The van der Waals surface area contributed by atoms with Crippen LogP contribution in [0, 0.1) is 0 Å². The fraction of sp³-hybridized carbons (Fsp3) is 0.750. The molecular weight excluding hydrogens is 475 g/mol. The smallest absolute Gasteiger partial charge is 0.547 e. The van der Waals surface area contributed by atoms with Gasteiger partial charge in [-0.25, -0.2) is 0 Å². The molecule has 160 valence electrons. The number of carbonyl (C=O) groups is 4. The number of carboxylic acids is 4. The van der Waals surface area contributed by atoms with Gasteiger partial charge < -0.3 is 60.0 Å². The van der Waals surface area contributed by atoms with E-state index in [1.54, 1.807) is 0 Å². The molecule has 0 saturated heterocycles. The number of hydrogen-bond donors (Lipinski definition) is 4. The van der Waals surface area contributed by atoms with E-state index in [0.717, 1.165) is 0 Å². The molecule has 0 aromatic rings. The van der Waals surface area contributed by atoms with Crippen molar-refractivity contribution in [3.05, 3.63) is 0 Å². The van der Waals surface area contributed by atoms with E-state index in [2.05, 4.69) is 0 Å². The zero-order valence-electron chi connectivity index (χ0n) is 15.2. The van der Waals surface area contributed by atoms with Gasteiger partial charge in [0, 0.05) is 0 Å². The third-order valence-electron chi connectivity index (χ3n) is 4.41. The standard InChI is InChI=1S/4C4H6O3.Zr/c4*5-3(6)4(7)1-2-4;/h4*7H,1-2H2,(H,5,6);/q;;;;+4/p-4. The molecule has 0 spiro atoms. The second-order valence-electron chi connectivity index (χ2n) is 7.28. The zero-order valence-corrected chi connectivity index (χ0v) is 17.7. The number of rotatable bonds is 4. The van der Waals surface area contributed by atoms with Crippen molar-refractivity contribution >= 4 is 23.9 Å². The predicted octanol–water partition coefficient (Wildman–Crippen LogP) is -6.96. The molecule has 13 heteroatoms. The molecule has 0 amide bonds. The Balaban J connectivity index is 0.000000356. The molecule has 4 rings (SSSR count). The number of carbonyl (C=O) groups excluding carboxylic acids is 4. The van der Waals surface area contributed by atoms with Gasteiger partial charge in [0.2, 0.25) is 0 Å². The maximum absolute atomic E-state index is 9.72. The molecule has 0 unspecified atom stereocenters. The van der Waals surface area contributed by atoms with Crippen molar-refractivity contribution in [1.29, 1.82) is 0 Å². The van der Waals surface area contributed by atoms with Crippen molar-refractivity contribution in [1.82, 2.24) is 0 Å². The van der Waals surface area contributed by atoms with Gasteiger partial charge in [-0.2, -0.15) is 0 Å². The van der Waals surface area contributed by atoms with Crippen LogP contribution in [0.4, 0.5) is 0 Å². The van der Waals surface area contributed by atoms with Gasteiger partial charge in [-0.15, -0.1) is 0 Å². The Hall–Kier alpha value is -1.40. The van der Waals surface area contributed by atoms with Crippen LogP contribution in [0.3, 0.4) is 0 Å². The summed E-state index contributed by atoms with van der Waals surface area (Å²) in [5.74, 6) is -5.36. The molecule has 0 aromatic heterocycles. The SMILES string of the molecule is O=C([O-])C1(O)CC1.O=C([O-])C1(O)CC1.O=C([O-])C1(O)CC1.O=C([O-])C1(O)CC1.[Zr+4]. The molecule has 4 N–H and O–H groups in total. The molecule has 4 fully saturated rings. The van der Waals surface area contributed by atoms with E-state index in [0.29, 0.717) is 51.4 Å². The van der Waals surface area contributed by atoms with E-state index in [1.807, 2.05) is 0 Å². The van der Waals surface area contributed by atoms with Crippen LogP contribution in [0.2, 0.25) is 0 Å². The Labute approximate surface area is 183 Å². The number of aliphatic hydroxyl groups is 4. The van der Waals surface area contributed by atoms with E-state index >= 15 is 0 Å². The molecular formula is C16H20O12Zr. The van der Waals surface area contributed by atoms with Gasteiger partial charge in [-0.1, -0.05) is 0 Å². The fourth-order valence-electron chi connectivity index (χ4n) is 1.29. The summed E-state index contributed by atoms with van der Waals surface area (Å²) in [7, 11) is 0. The summed E-state index contributed by atoms with van der Waals surface area (Å²) in [6.45, 7) is 0. The molecule has 0 bridgehead atoms. The van der Waals surface area contributed by atoms with Crippen LogP contribution in [0.5, 0.6) is 0 Å². The van der Waals surface area contributed by atoms with Crippen molar-refractivity contribution in [3.63, 3.8) is 0 Å². The summed E-state index contributed by atoms with van der Waals surface area (Å²) in [5, 5.41) is 73.1. The first-order valence-electron chi connectivity index (χ1n) is 8.36. The van der Waals surface area contributed by atoms with Crippen molar-refractivity contribution < 1.29 is 86.2 Å². The summed E-state index contributed by atoms with van der Waals surface area (Å²) in [6, 6.07) is 0. The Bertz CT molecular complexity index is 532. The molecule has 29 heavy (non-hydrogen) atoms. The first kappa shape index (κ1) is 27.6. The average Bonchev–Trinajstić information content (AvgIpc) is 3.36. The van der Waals surface area contributed by atoms with E-state index in [1.165, 1.54) is 0 Å². The van der Waals surface area contributed by atoms with Gasteiger partial charge in [-0.3, -0.25) is 0 Å². The second-order valence-corrected chi connectivity index (χ2v) is 7.28. The third kappa shape index (κ3) is 8.87. The van der Waals surface area contributed by atoms with Crippen molar-refractivity contribution in [2.75, 3.05) is 0 Å². The quantitative estimate of drug-likeness (QED) is 0.284. The van der Waals surface area contributed by atoms with Gasteiger partial charge in [0.05, 0.1) is 23.9 Å². The zero-order chi connectivity index (χ0) is 22.0. The average molecular weight is 496 g/mol. The summed E-state index contributed by atoms with van der Waals surface area (Å²) < 4.78 is 0. The Kier molecular flexibility index (Phi) is 9.15. The minimum atomic E-state index is -1.44. The van der Waals surface area contributed by atoms with Crippen LogP contribution in [0.25, 0.3) is 0 Å². The molecule has 12 nitrogen and oxygen atoms in total. The van der Waals surface area contributed by atoms with Crippen LogP contribution in [0.1, 0.15) is 51.4 Å². The maximum Gasteiger partial charge on any atom is 4.00 e. The predicted molar refractivity (Wildman–Crippen MR) is 76.8 cm³/mol. The van der Waals surface area contributed by atoms with E-state index in [9.17, 15) is 39.6 Å². The summed E-state index contributed by atoms with van der Waals surface area (Å²) in [6.07, 6.45) is 2.85. The molecule has 0 radical (unpaired) electrons. The van der Waals surface area contributed by atoms with E-state index < -0.39 is 46.3 Å². The third-order valence-corrected chi connectivity index (χ3v) is 4.41. The van der Waals surface area contributed by atoms with E-state index in [4.69, 9.17) is 20.4 Å². The van der Waals surface area contributed by atoms with Gasteiger partial charge in [0.1, 0.15) is 22.4 Å². The molecule has 0 atom stereocenters. The molecule has 0 aliphatic heterocycles. The Morgan fingerprint density at radius 2 is 0.552 bits per heavy atom. The van der Waals surface area contributed by atoms with Gasteiger partial charge in [-0.05, 0) is 51.4 Å². The molecule has 0 heterocycles. The Morgan fingerprint density at radius 1 is 0.448 bits per heavy atom. The molecule has 4 aliphatic rings. The van der Waals surface area contributed by atoms with Crippen LogP contribution < -0.4 is 20.4 Å². The van der Waals surface area contributed by atoms with Crippen molar-refractivity contribution in [2.24, 2.45) is 0 Å². The first-order chi connectivity index (χ1) is 12.6. The number of carboxylic acid groups (broad SMARTS) is 4. The van der Waals surface area contributed by atoms with Gasteiger partial charge in [0.15, 0.2) is 0 Å². The Morgan fingerprint density at radius 3 is 0.552 bits per heavy atom. The summed E-state index contributed by atoms with van der Waals surface area (Å²) >= 11 is 0. The van der Waals surface area contributed by atoms with Gasteiger partial charge in [0.25, 0.3) is 0 Å². The topological polar surface area (TPSA) is 241 Å². The first-order valence-corrected chi connectivity index (χ1v) is 8.36. The summed E-state index contributed by atoms with van der Waals surface area (Å²) in [4.78, 5) is 38.9. The second kappa shape index (κ2) is 9.61. The molecule has 4 saturated carbocycles.